The van der Waals surface area contributed by atoms with Crippen molar-refractivity contribution in [2.75, 3.05) is 7.11 Å². The molecule has 6 heteroatoms. The number of H-pyrrole nitrogens is 1. The van der Waals surface area contributed by atoms with Gasteiger partial charge in [-0.1, -0.05) is 12.1 Å². The second-order valence-electron chi connectivity index (χ2n) is 3.98. The number of hydrogen-bond acceptors (Lipinski definition) is 4. The quantitative estimate of drug-likeness (QED) is 0.768. The summed E-state index contributed by atoms with van der Waals surface area (Å²) in [6, 6.07) is 9.40. The molecule has 1 aromatic carbocycles. The molecule has 96 valence electrons. The number of aromatic nitrogens is 2. The molecule has 19 heavy (non-hydrogen) atoms. The van der Waals surface area contributed by atoms with E-state index >= 15 is 0 Å². The highest BCUT2D eigenvalue weighted by molar-refractivity contribution is 7.21. The van der Waals surface area contributed by atoms with E-state index in [2.05, 4.69) is 9.97 Å². The number of amides is 1. The molecule has 1 amide bonds. The zero-order valence-electron chi connectivity index (χ0n) is 10.1. The number of hydrogen-bond donors (Lipinski definition) is 2. The van der Waals surface area contributed by atoms with Crippen LogP contribution in [-0.2, 0) is 0 Å². The smallest absolute Gasteiger partial charge is 0.265 e. The number of fused-ring (bicyclic) bond motifs is 1. The van der Waals surface area contributed by atoms with Crippen LogP contribution in [0.25, 0.3) is 20.9 Å². The SMILES string of the molecule is COc1ccccc1-c1nc2[nH]c(C(N)=O)cc2s1. The third kappa shape index (κ3) is 1.96. The summed E-state index contributed by atoms with van der Waals surface area (Å²) in [5.74, 6) is 0.290. The molecule has 0 saturated heterocycles. The highest BCUT2D eigenvalue weighted by Gasteiger charge is 2.14. The van der Waals surface area contributed by atoms with Crippen molar-refractivity contribution < 1.29 is 9.53 Å². The maximum Gasteiger partial charge on any atom is 0.265 e. The van der Waals surface area contributed by atoms with Crippen LogP contribution in [0.4, 0.5) is 0 Å². The molecule has 0 unspecified atom stereocenters. The number of thiazole rings is 1. The van der Waals surface area contributed by atoms with Crippen LogP contribution in [-0.4, -0.2) is 23.0 Å². The average Bonchev–Trinajstić information content (AvgIpc) is 2.96. The van der Waals surface area contributed by atoms with Gasteiger partial charge in [0.15, 0.2) is 0 Å². The maximum atomic E-state index is 11.1. The maximum absolute atomic E-state index is 11.1. The third-order valence-electron chi connectivity index (χ3n) is 2.78. The van der Waals surface area contributed by atoms with Crippen LogP contribution >= 0.6 is 11.3 Å². The van der Waals surface area contributed by atoms with Gasteiger partial charge in [0.05, 0.1) is 17.4 Å². The largest absolute Gasteiger partial charge is 0.496 e. The van der Waals surface area contributed by atoms with Gasteiger partial charge >= 0.3 is 0 Å². The molecule has 2 aromatic heterocycles. The van der Waals surface area contributed by atoms with Crippen molar-refractivity contribution in [3.63, 3.8) is 0 Å². The number of ether oxygens (including phenoxy) is 1. The molecular weight excluding hydrogens is 262 g/mol. The number of nitrogens with zero attached hydrogens (tertiary/aromatic N) is 1. The molecule has 0 aliphatic carbocycles. The van der Waals surface area contributed by atoms with E-state index in [1.807, 2.05) is 24.3 Å². The Labute approximate surface area is 113 Å². The minimum atomic E-state index is -0.482. The number of methoxy groups -OCH3 is 1. The lowest BCUT2D eigenvalue weighted by atomic mass is 10.2. The summed E-state index contributed by atoms with van der Waals surface area (Å²) in [4.78, 5) is 18.4. The fourth-order valence-electron chi connectivity index (χ4n) is 1.88. The van der Waals surface area contributed by atoms with Crippen molar-refractivity contribution in [3.8, 4) is 16.3 Å². The second kappa shape index (κ2) is 4.40. The Kier molecular flexibility index (Phi) is 2.72. The zero-order valence-corrected chi connectivity index (χ0v) is 11.0. The van der Waals surface area contributed by atoms with Gasteiger partial charge in [-0.2, -0.15) is 0 Å². The summed E-state index contributed by atoms with van der Waals surface area (Å²) < 4.78 is 6.21. The van der Waals surface area contributed by atoms with Gasteiger partial charge in [-0.05, 0) is 18.2 Å². The van der Waals surface area contributed by atoms with E-state index in [1.54, 1.807) is 13.2 Å². The predicted molar refractivity (Wildman–Crippen MR) is 74.5 cm³/mol. The van der Waals surface area contributed by atoms with Crippen molar-refractivity contribution >= 4 is 27.6 Å². The number of aromatic amines is 1. The standard InChI is InChI=1S/C13H11N3O2S/c1-18-9-5-3-2-4-7(9)13-16-12-10(19-13)6-8(15-12)11(14)17/h2-6,15H,1H3,(H2,14,17). The van der Waals surface area contributed by atoms with Crippen LogP contribution in [0, 0.1) is 0 Å². The third-order valence-corrected chi connectivity index (χ3v) is 3.82. The summed E-state index contributed by atoms with van der Waals surface area (Å²) >= 11 is 1.49. The Morgan fingerprint density at radius 3 is 2.89 bits per heavy atom. The van der Waals surface area contributed by atoms with Gasteiger partial charge < -0.3 is 15.5 Å². The van der Waals surface area contributed by atoms with Gasteiger partial charge in [0.25, 0.3) is 5.91 Å². The number of primary amides is 1. The normalized spacial score (nSPS) is 10.8. The molecule has 0 atom stereocenters. The van der Waals surface area contributed by atoms with Gasteiger partial charge in [-0.15, -0.1) is 11.3 Å². The number of carbonyl (C=O) groups excluding carboxylic acids is 1. The number of nitrogens with two attached hydrogens (primary N) is 1. The number of rotatable bonds is 3. The fraction of sp³-hybridized carbons (Fsp3) is 0.0769. The van der Waals surface area contributed by atoms with Gasteiger partial charge in [-0.25, -0.2) is 4.98 Å². The van der Waals surface area contributed by atoms with E-state index in [4.69, 9.17) is 10.5 Å². The van der Waals surface area contributed by atoms with Crippen LogP contribution in [0.5, 0.6) is 5.75 Å². The van der Waals surface area contributed by atoms with Gasteiger partial charge in [0.2, 0.25) is 0 Å². The summed E-state index contributed by atoms with van der Waals surface area (Å²) in [5, 5.41) is 0.842. The first kappa shape index (κ1) is 11.7. The molecule has 0 radical (unpaired) electrons. The molecule has 3 N–H and O–H groups in total. The topological polar surface area (TPSA) is 81.0 Å². The molecule has 0 saturated carbocycles. The van der Waals surface area contributed by atoms with Crippen molar-refractivity contribution in [2.45, 2.75) is 0 Å². The molecule has 0 aliphatic rings. The number of para-hydroxylation sites is 1. The molecule has 0 fully saturated rings. The zero-order chi connectivity index (χ0) is 13.4. The lowest BCUT2D eigenvalue weighted by Gasteiger charge is -2.04. The van der Waals surface area contributed by atoms with Crippen LogP contribution in [0.2, 0.25) is 0 Å². The van der Waals surface area contributed by atoms with E-state index < -0.39 is 5.91 Å². The second-order valence-corrected chi connectivity index (χ2v) is 5.01. The molecule has 0 bridgehead atoms. The number of carbonyl (C=O) groups is 1. The number of benzene rings is 1. The van der Waals surface area contributed by atoms with Crippen molar-refractivity contribution in [2.24, 2.45) is 5.73 Å². The summed E-state index contributed by atoms with van der Waals surface area (Å²) in [5.41, 5.74) is 7.19. The number of nitrogens with one attached hydrogen (secondary N) is 1. The Bertz CT molecular complexity index is 729. The van der Waals surface area contributed by atoms with E-state index in [9.17, 15) is 4.79 Å². The molecular formula is C13H11N3O2S. The van der Waals surface area contributed by atoms with Crippen LogP contribution in [0.15, 0.2) is 30.3 Å². The first-order chi connectivity index (χ1) is 9.19. The highest BCUT2D eigenvalue weighted by Crippen LogP contribution is 2.35. The lowest BCUT2D eigenvalue weighted by Crippen LogP contribution is -2.10. The minimum absolute atomic E-state index is 0.375. The first-order valence-corrected chi connectivity index (χ1v) is 6.43. The average molecular weight is 273 g/mol. The van der Waals surface area contributed by atoms with E-state index in [1.165, 1.54) is 11.3 Å². The summed E-state index contributed by atoms with van der Waals surface area (Å²) in [7, 11) is 1.63. The predicted octanol–water partition coefficient (Wildman–Crippen LogP) is 2.40. The Morgan fingerprint density at radius 1 is 1.42 bits per heavy atom. The molecule has 3 rings (SSSR count). The Balaban J connectivity index is 2.11. The van der Waals surface area contributed by atoms with Gasteiger partial charge in [-0.3, -0.25) is 4.79 Å². The molecule has 3 aromatic rings. The monoisotopic (exact) mass is 273 g/mol. The van der Waals surface area contributed by atoms with E-state index in [0.717, 1.165) is 21.0 Å². The van der Waals surface area contributed by atoms with Crippen LogP contribution in [0.1, 0.15) is 10.5 Å². The molecule has 2 heterocycles. The van der Waals surface area contributed by atoms with E-state index in [-0.39, 0.29) is 0 Å². The van der Waals surface area contributed by atoms with Gasteiger partial charge in [0.1, 0.15) is 22.1 Å². The summed E-state index contributed by atoms with van der Waals surface area (Å²) in [6.45, 7) is 0. The van der Waals surface area contributed by atoms with Crippen molar-refractivity contribution in [3.05, 3.63) is 36.0 Å². The summed E-state index contributed by atoms with van der Waals surface area (Å²) in [6.07, 6.45) is 0. The molecule has 0 spiro atoms. The fourth-order valence-corrected chi connectivity index (χ4v) is 2.88. The van der Waals surface area contributed by atoms with E-state index in [0.29, 0.717) is 11.3 Å². The van der Waals surface area contributed by atoms with Crippen molar-refractivity contribution in [1.82, 2.24) is 9.97 Å². The molecule has 5 nitrogen and oxygen atoms in total. The van der Waals surface area contributed by atoms with Crippen LogP contribution in [0.3, 0.4) is 0 Å². The van der Waals surface area contributed by atoms with Gasteiger partial charge in [0, 0.05) is 0 Å². The first-order valence-electron chi connectivity index (χ1n) is 5.62. The highest BCUT2D eigenvalue weighted by atomic mass is 32.1. The minimum Gasteiger partial charge on any atom is -0.496 e. The molecule has 0 aliphatic heterocycles. The van der Waals surface area contributed by atoms with Crippen molar-refractivity contribution in [1.29, 1.82) is 0 Å². The Hall–Kier alpha value is -2.34. The Morgan fingerprint density at radius 2 is 2.21 bits per heavy atom. The lowest BCUT2D eigenvalue weighted by molar-refractivity contribution is 0.0996. The van der Waals surface area contributed by atoms with Crippen LogP contribution < -0.4 is 10.5 Å².